The minimum absolute atomic E-state index is 0.0804. The fraction of sp³-hybridized carbons (Fsp3) is 0.333. The Morgan fingerprint density at radius 3 is 2.53 bits per heavy atom. The molecule has 5 rings (SSSR count). The molecule has 0 saturated heterocycles. The van der Waals surface area contributed by atoms with Crippen LogP contribution in [0.15, 0.2) is 48.5 Å². The lowest BCUT2D eigenvalue weighted by Crippen LogP contribution is -2.38. The van der Waals surface area contributed by atoms with Gasteiger partial charge < -0.3 is 4.90 Å². The van der Waals surface area contributed by atoms with Gasteiger partial charge in [0.25, 0.3) is 5.91 Å². The van der Waals surface area contributed by atoms with Crippen molar-refractivity contribution < 1.29 is 4.79 Å². The molecular formula is C24H25N5O. The van der Waals surface area contributed by atoms with E-state index in [2.05, 4.69) is 40.6 Å². The minimum atomic E-state index is 0.0804. The average molecular weight is 399 g/mol. The summed E-state index contributed by atoms with van der Waals surface area (Å²) in [6.07, 6.45) is 4.43. The molecule has 0 unspecified atom stereocenters. The third kappa shape index (κ3) is 3.32. The van der Waals surface area contributed by atoms with Gasteiger partial charge in [-0.15, -0.1) is 5.10 Å². The molecule has 0 radical (unpaired) electrons. The highest BCUT2D eigenvalue weighted by Crippen LogP contribution is 2.29. The van der Waals surface area contributed by atoms with Gasteiger partial charge in [0.2, 0.25) is 0 Å². The van der Waals surface area contributed by atoms with Crippen LogP contribution in [0.25, 0.3) is 16.6 Å². The second kappa shape index (κ2) is 7.52. The first-order valence-electron chi connectivity index (χ1n) is 10.6. The lowest BCUT2D eigenvalue weighted by atomic mass is 10.1. The molecule has 2 aromatic heterocycles. The Bertz CT molecular complexity index is 1220. The lowest BCUT2D eigenvalue weighted by molar-refractivity contribution is 0.0665. The van der Waals surface area contributed by atoms with Gasteiger partial charge >= 0.3 is 0 Å². The van der Waals surface area contributed by atoms with Gasteiger partial charge in [0.05, 0.1) is 12.1 Å². The number of nitrogens with zero attached hydrogens (tertiary/aromatic N) is 5. The smallest absolute Gasteiger partial charge is 0.254 e. The molecule has 152 valence electrons. The molecule has 1 amide bonds. The predicted octanol–water partition coefficient (Wildman–Crippen LogP) is 4.48. The van der Waals surface area contributed by atoms with Gasteiger partial charge in [-0.2, -0.15) is 4.52 Å². The summed E-state index contributed by atoms with van der Waals surface area (Å²) in [4.78, 5) is 15.5. The summed E-state index contributed by atoms with van der Waals surface area (Å²) in [6, 6.07) is 16.5. The Morgan fingerprint density at radius 2 is 1.77 bits per heavy atom. The van der Waals surface area contributed by atoms with Crippen molar-refractivity contribution in [1.82, 2.24) is 24.9 Å². The number of benzene rings is 2. The second-order valence-electron chi connectivity index (χ2n) is 8.38. The summed E-state index contributed by atoms with van der Waals surface area (Å²) >= 11 is 0. The van der Waals surface area contributed by atoms with Gasteiger partial charge in [-0.1, -0.05) is 42.2 Å². The van der Waals surface area contributed by atoms with Crippen molar-refractivity contribution in [2.45, 2.75) is 52.1 Å². The van der Waals surface area contributed by atoms with Gasteiger partial charge in [0.1, 0.15) is 0 Å². The molecule has 6 heteroatoms. The van der Waals surface area contributed by atoms with Crippen LogP contribution in [0.1, 0.15) is 52.7 Å². The number of hydrogen-bond acceptors (Lipinski definition) is 4. The Morgan fingerprint density at radius 1 is 1.03 bits per heavy atom. The normalized spacial score (nSPS) is 14.6. The fourth-order valence-corrected chi connectivity index (χ4v) is 4.53. The zero-order valence-corrected chi connectivity index (χ0v) is 17.4. The van der Waals surface area contributed by atoms with Crippen LogP contribution in [0.4, 0.5) is 0 Å². The van der Waals surface area contributed by atoms with Crippen LogP contribution in [0.3, 0.4) is 0 Å². The summed E-state index contributed by atoms with van der Waals surface area (Å²) in [5, 5.41) is 13.5. The quantitative estimate of drug-likeness (QED) is 0.508. The maximum Gasteiger partial charge on any atom is 0.254 e. The molecular weight excluding hydrogens is 374 g/mol. The van der Waals surface area contributed by atoms with Crippen molar-refractivity contribution >= 4 is 22.5 Å². The SMILES string of the molecule is Cc1ccc(C(=O)N(Cc2cc3cc(C)ccc3n3nnnc23)C2CCCC2)cc1. The monoisotopic (exact) mass is 399 g/mol. The van der Waals surface area contributed by atoms with Crippen LogP contribution < -0.4 is 0 Å². The second-order valence-corrected chi connectivity index (χ2v) is 8.38. The van der Waals surface area contributed by atoms with Crippen molar-refractivity contribution in [3.8, 4) is 0 Å². The zero-order valence-electron chi connectivity index (χ0n) is 17.4. The first-order chi connectivity index (χ1) is 14.6. The molecule has 1 fully saturated rings. The Kier molecular flexibility index (Phi) is 4.69. The van der Waals surface area contributed by atoms with E-state index in [1.165, 1.54) is 18.4 Å². The Labute approximate surface area is 175 Å². The summed E-state index contributed by atoms with van der Waals surface area (Å²) < 4.78 is 1.79. The van der Waals surface area contributed by atoms with E-state index >= 15 is 0 Å². The van der Waals surface area contributed by atoms with E-state index in [0.29, 0.717) is 12.2 Å². The molecule has 4 aromatic rings. The van der Waals surface area contributed by atoms with Gasteiger partial charge in [0, 0.05) is 22.6 Å². The minimum Gasteiger partial charge on any atom is -0.331 e. The number of hydrogen-bond donors (Lipinski definition) is 0. The van der Waals surface area contributed by atoms with Crippen molar-refractivity contribution in [3.05, 3.63) is 70.8 Å². The number of tetrazole rings is 1. The van der Waals surface area contributed by atoms with Crippen molar-refractivity contribution in [3.63, 3.8) is 0 Å². The maximum absolute atomic E-state index is 13.5. The van der Waals surface area contributed by atoms with Crippen LogP contribution >= 0.6 is 0 Å². The molecule has 6 nitrogen and oxygen atoms in total. The molecule has 1 aliphatic carbocycles. The van der Waals surface area contributed by atoms with Gasteiger partial charge in [-0.25, -0.2) is 0 Å². The molecule has 1 saturated carbocycles. The van der Waals surface area contributed by atoms with Gasteiger partial charge in [0.15, 0.2) is 5.65 Å². The van der Waals surface area contributed by atoms with E-state index < -0.39 is 0 Å². The third-order valence-corrected chi connectivity index (χ3v) is 6.16. The van der Waals surface area contributed by atoms with E-state index in [-0.39, 0.29) is 11.9 Å². The van der Waals surface area contributed by atoms with E-state index in [9.17, 15) is 4.79 Å². The molecule has 0 atom stereocenters. The van der Waals surface area contributed by atoms with Crippen LogP contribution in [-0.4, -0.2) is 36.9 Å². The van der Waals surface area contributed by atoms with Crippen molar-refractivity contribution in [1.29, 1.82) is 0 Å². The molecule has 2 heterocycles. The van der Waals surface area contributed by atoms with Crippen LogP contribution in [0, 0.1) is 13.8 Å². The number of pyridine rings is 1. The van der Waals surface area contributed by atoms with Crippen LogP contribution in [0.2, 0.25) is 0 Å². The number of aryl methyl sites for hydroxylation is 2. The van der Waals surface area contributed by atoms with E-state index in [1.54, 1.807) is 4.52 Å². The predicted molar refractivity (Wildman–Crippen MR) is 116 cm³/mol. The number of rotatable bonds is 4. The summed E-state index contributed by atoms with van der Waals surface area (Å²) in [5.41, 5.74) is 5.74. The highest BCUT2D eigenvalue weighted by Gasteiger charge is 2.28. The summed E-state index contributed by atoms with van der Waals surface area (Å²) in [6.45, 7) is 4.62. The molecule has 30 heavy (non-hydrogen) atoms. The first kappa shape index (κ1) is 18.7. The van der Waals surface area contributed by atoms with E-state index in [1.807, 2.05) is 42.2 Å². The molecule has 0 spiro atoms. The standard InChI is InChI=1S/C24H25N5O/c1-16-7-10-18(11-8-16)24(30)28(21-5-3-4-6-21)15-20-14-19-13-17(2)9-12-22(19)29-23(20)25-26-27-29/h7-14,21H,3-6,15H2,1-2H3. The zero-order chi connectivity index (χ0) is 20.7. The Balaban J connectivity index is 1.58. The van der Waals surface area contributed by atoms with Gasteiger partial charge in [-0.3, -0.25) is 4.79 Å². The van der Waals surface area contributed by atoms with Crippen molar-refractivity contribution in [2.24, 2.45) is 0 Å². The van der Waals surface area contributed by atoms with E-state index in [4.69, 9.17) is 0 Å². The lowest BCUT2D eigenvalue weighted by Gasteiger charge is -2.29. The molecule has 1 aliphatic rings. The molecule has 0 aliphatic heterocycles. The number of carbonyl (C=O) groups is 1. The Hall–Kier alpha value is -3.28. The number of carbonyl (C=O) groups excluding carboxylic acids is 1. The largest absolute Gasteiger partial charge is 0.331 e. The third-order valence-electron chi connectivity index (χ3n) is 6.16. The fourth-order valence-electron chi connectivity index (χ4n) is 4.53. The maximum atomic E-state index is 13.5. The van der Waals surface area contributed by atoms with E-state index in [0.717, 1.165) is 40.4 Å². The molecule has 0 bridgehead atoms. The molecule has 0 N–H and O–H groups in total. The van der Waals surface area contributed by atoms with Gasteiger partial charge in [-0.05, 0) is 67.4 Å². The summed E-state index contributed by atoms with van der Waals surface area (Å²) in [5.74, 6) is 0.0804. The highest BCUT2D eigenvalue weighted by atomic mass is 16.2. The first-order valence-corrected chi connectivity index (χ1v) is 10.6. The topological polar surface area (TPSA) is 63.4 Å². The number of amides is 1. The molecule has 2 aromatic carbocycles. The number of fused-ring (bicyclic) bond motifs is 3. The highest BCUT2D eigenvalue weighted by molar-refractivity contribution is 5.94. The van der Waals surface area contributed by atoms with Crippen LogP contribution in [0.5, 0.6) is 0 Å². The van der Waals surface area contributed by atoms with Crippen LogP contribution in [-0.2, 0) is 6.54 Å². The summed E-state index contributed by atoms with van der Waals surface area (Å²) in [7, 11) is 0. The average Bonchev–Trinajstić information content (AvgIpc) is 3.44. The van der Waals surface area contributed by atoms with Crippen molar-refractivity contribution in [2.75, 3.05) is 0 Å². The number of aromatic nitrogens is 4.